The number of nitrogens with one attached hydrogen (secondary N) is 1. The Morgan fingerprint density at radius 2 is 1.72 bits per heavy atom. The smallest absolute Gasteiger partial charge is 0.234 e. The minimum Gasteiger partial charge on any atom is -0.351 e. The maximum Gasteiger partial charge on any atom is 0.234 e. The van der Waals surface area contributed by atoms with Gasteiger partial charge < -0.3 is 11.1 Å². The molecule has 3 N–H and O–H groups in total. The Bertz CT molecular complexity index is 358. The van der Waals surface area contributed by atoms with Crippen LogP contribution in [0.15, 0.2) is 24.3 Å². The molecular formula is C14H23N3O. The number of hydrogen-bond acceptors (Lipinski definition) is 3. The maximum atomic E-state index is 11.0. The second kappa shape index (κ2) is 7.84. The van der Waals surface area contributed by atoms with Crippen molar-refractivity contribution in [2.75, 3.05) is 19.6 Å². The number of nitrogens with two attached hydrogens (primary N) is 1. The van der Waals surface area contributed by atoms with Crippen LogP contribution in [0.3, 0.4) is 0 Å². The van der Waals surface area contributed by atoms with Crippen molar-refractivity contribution >= 4 is 5.91 Å². The van der Waals surface area contributed by atoms with Crippen molar-refractivity contribution in [3.63, 3.8) is 0 Å². The second-order valence-electron chi connectivity index (χ2n) is 4.26. The molecular weight excluding hydrogens is 226 g/mol. The summed E-state index contributed by atoms with van der Waals surface area (Å²) < 4.78 is 0. The summed E-state index contributed by atoms with van der Waals surface area (Å²) in [6.45, 7) is 8.01. The molecule has 0 aliphatic heterocycles. The molecule has 18 heavy (non-hydrogen) atoms. The van der Waals surface area contributed by atoms with Crippen molar-refractivity contribution in [1.82, 2.24) is 10.2 Å². The minimum atomic E-state index is -0.123. The van der Waals surface area contributed by atoms with Gasteiger partial charge in [-0.1, -0.05) is 38.1 Å². The molecule has 0 spiro atoms. The average Bonchev–Trinajstić information content (AvgIpc) is 2.43. The number of nitrogens with zero attached hydrogens (tertiary/aromatic N) is 1. The van der Waals surface area contributed by atoms with Crippen LogP contribution in [-0.2, 0) is 17.9 Å². The Hall–Kier alpha value is -1.39. The summed E-state index contributed by atoms with van der Waals surface area (Å²) >= 11 is 0. The predicted octanol–water partition coefficient (Wildman–Crippen LogP) is 1.10. The molecule has 100 valence electrons. The summed E-state index contributed by atoms with van der Waals surface area (Å²) in [5, 5.41) is 2.76. The molecule has 1 aromatic rings. The molecule has 0 fully saturated rings. The number of benzene rings is 1. The molecule has 0 aliphatic carbocycles. The molecule has 0 atom stereocenters. The maximum absolute atomic E-state index is 11.0. The van der Waals surface area contributed by atoms with E-state index in [2.05, 4.69) is 48.3 Å². The van der Waals surface area contributed by atoms with Crippen molar-refractivity contribution in [2.45, 2.75) is 26.9 Å². The number of hydrogen-bond donors (Lipinski definition) is 2. The van der Waals surface area contributed by atoms with Gasteiger partial charge in [0.25, 0.3) is 0 Å². The molecule has 0 aliphatic rings. The molecule has 4 nitrogen and oxygen atoms in total. The van der Waals surface area contributed by atoms with Gasteiger partial charge in [0.15, 0.2) is 0 Å². The Morgan fingerprint density at radius 1 is 1.17 bits per heavy atom. The van der Waals surface area contributed by atoms with Gasteiger partial charge in [0.1, 0.15) is 0 Å². The van der Waals surface area contributed by atoms with Crippen molar-refractivity contribution in [2.24, 2.45) is 5.73 Å². The fraction of sp³-hybridized carbons (Fsp3) is 0.500. The summed E-state index contributed by atoms with van der Waals surface area (Å²) in [5.74, 6) is -0.123. The topological polar surface area (TPSA) is 58.4 Å². The lowest BCUT2D eigenvalue weighted by Gasteiger charge is -2.18. The van der Waals surface area contributed by atoms with E-state index in [0.717, 1.165) is 25.2 Å². The highest BCUT2D eigenvalue weighted by molar-refractivity contribution is 5.77. The van der Waals surface area contributed by atoms with E-state index in [9.17, 15) is 4.79 Å². The molecule has 0 saturated heterocycles. The van der Waals surface area contributed by atoms with Gasteiger partial charge in [-0.3, -0.25) is 9.69 Å². The normalized spacial score (nSPS) is 10.7. The van der Waals surface area contributed by atoms with Gasteiger partial charge in [0, 0.05) is 13.1 Å². The van der Waals surface area contributed by atoms with E-state index in [1.807, 2.05) is 0 Å². The van der Waals surface area contributed by atoms with E-state index < -0.39 is 0 Å². The van der Waals surface area contributed by atoms with Crippen LogP contribution in [0.2, 0.25) is 0 Å². The third-order valence-corrected chi connectivity index (χ3v) is 3.00. The standard InChI is InChI=1S/C14H23N3O/c1-3-17(4-2)11-13-7-5-12(6-8-13)10-16-14(18)9-15/h5-8H,3-4,9-11,15H2,1-2H3,(H,16,18). The summed E-state index contributed by atoms with van der Waals surface area (Å²) in [7, 11) is 0. The molecule has 1 amide bonds. The van der Waals surface area contributed by atoms with Gasteiger partial charge in [-0.25, -0.2) is 0 Å². The zero-order valence-electron chi connectivity index (χ0n) is 11.3. The quantitative estimate of drug-likeness (QED) is 0.761. The molecule has 4 heteroatoms. The van der Waals surface area contributed by atoms with Crippen LogP contribution < -0.4 is 11.1 Å². The molecule has 1 aromatic carbocycles. The van der Waals surface area contributed by atoms with E-state index in [1.165, 1.54) is 5.56 Å². The second-order valence-corrected chi connectivity index (χ2v) is 4.26. The van der Waals surface area contributed by atoms with E-state index in [-0.39, 0.29) is 12.5 Å². The Kier molecular flexibility index (Phi) is 6.39. The SMILES string of the molecule is CCN(CC)Cc1ccc(CNC(=O)CN)cc1. The number of amides is 1. The lowest BCUT2D eigenvalue weighted by molar-refractivity contribution is -0.119. The number of carbonyl (C=O) groups is 1. The first-order valence-corrected chi connectivity index (χ1v) is 6.46. The van der Waals surface area contributed by atoms with Crippen LogP contribution in [0, 0.1) is 0 Å². The van der Waals surface area contributed by atoms with Crippen molar-refractivity contribution < 1.29 is 4.79 Å². The summed E-state index contributed by atoms with van der Waals surface area (Å²) in [5.41, 5.74) is 7.62. The van der Waals surface area contributed by atoms with Crippen molar-refractivity contribution in [1.29, 1.82) is 0 Å². The molecule has 0 bridgehead atoms. The third kappa shape index (κ3) is 4.85. The first kappa shape index (κ1) is 14.7. The zero-order chi connectivity index (χ0) is 13.4. The molecule has 0 heterocycles. The van der Waals surface area contributed by atoms with Gasteiger partial charge >= 0.3 is 0 Å². The fourth-order valence-corrected chi connectivity index (χ4v) is 1.74. The molecule has 0 saturated carbocycles. The summed E-state index contributed by atoms with van der Waals surface area (Å²) in [6, 6.07) is 8.33. The molecule has 1 rings (SSSR count). The lowest BCUT2D eigenvalue weighted by Crippen LogP contribution is -2.29. The first-order chi connectivity index (χ1) is 8.69. The predicted molar refractivity (Wildman–Crippen MR) is 74.0 cm³/mol. The Morgan fingerprint density at radius 3 is 2.22 bits per heavy atom. The largest absolute Gasteiger partial charge is 0.351 e. The highest BCUT2D eigenvalue weighted by Crippen LogP contribution is 2.07. The molecule has 0 unspecified atom stereocenters. The van der Waals surface area contributed by atoms with Gasteiger partial charge in [-0.15, -0.1) is 0 Å². The van der Waals surface area contributed by atoms with Crippen LogP contribution in [0.1, 0.15) is 25.0 Å². The van der Waals surface area contributed by atoms with Crippen LogP contribution in [0.4, 0.5) is 0 Å². The Labute approximate surface area is 109 Å². The van der Waals surface area contributed by atoms with Gasteiger partial charge in [-0.2, -0.15) is 0 Å². The zero-order valence-corrected chi connectivity index (χ0v) is 11.3. The van der Waals surface area contributed by atoms with E-state index in [4.69, 9.17) is 5.73 Å². The Balaban J connectivity index is 2.49. The van der Waals surface area contributed by atoms with Gasteiger partial charge in [0.2, 0.25) is 5.91 Å². The molecule has 0 radical (unpaired) electrons. The summed E-state index contributed by atoms with van der Waals surface area (Å²) in [6.07, 6.45) is 0. The lowest BCUT2D eigenvalue weighted by atomic mass is 10.1. The number of rotatable bonds is 7. The van der Waals surface area contributed by atoms with Crippen LogP contribution in [0.5, 0.6) is 0 Å². The van der Waals surface area contributed by atoms with E-state index in [0.29, 0.717) is 6.54 Å². The highest BCUT2D eigenvalue weighted by atomic mass is 16.1. The minimum absolute atomic E-state index is 0.0417. The van der Waals surface area contributed by atoms with Crippen molar-refractivity contribution in [3.05, 3.63) is 35.4 Å². The number of carbonyl (C=O) groups excluding carboxylic acids is 1. The summed E-state index contributed by atoms with van der Waals surface area (Å²) in [4.78, 5) is 13.4. The van der Waals surface area contributed by atoms with Crippen molar-refractivity contribution in [3.8, 4) is 0 Å². The first-order valence-electron chi connectivity index (χ1n) is 6.46. The average molecular weight is 249 g/mol. The highest BCUT2D eigenvalue weighted by Gasteiger charge is 2.02. The fourth-order valence-electron chi connectivity index (χ4n) is 1.74. The monoisotopic (exact) mass is 249 g/mol. The van der Waals surface area contributed by atoms with Crippen LogP contribution in [-0.4, -0.2) is 30.4 Å². The van der Waals surface area contributed by atoms with Crippen LogP contribution in [0.25, 0.3) is 0 Å². The molecule has 0 aromatic heterocycles. The van der Waals surface area contributed by atoms with E-state index >= 15 is 0 Å². The van der Waals surface area contributed by atoms with E-state index in [1.54, 1.807) is 0 Å². The van der Waals surface area contributed by atoms with Gasteiger partial charge in [-0.05, 0) is 24.2 Å². The third-order valence-electron chi connectivity index (χ3n) is 3.00. The van der Waals surface area contributed by atoms with Gasteiger partial charge in [0.05, 0.1) is 6.54 Å². The van der Waals surface area contributed by atoms with Crippen LogP contribution >= 0.6 is 0 Å².